The summed E-state index contributed by atoms with van der Waals surface area (Å²) in [6.07, 6.45) is -0.197. The number of carboxylic acid groups (broad SMARTS) is 2. The average Bonchev–Trinajstić information content (AvgIpc) is 3.47. The van der Waals surface area contributed by atoms with Crippen LogP contribution in [-0.2, 0) is 33.9 Å². The van der Waals surface area contributed by atoms with Crippen molar-refractivity contribution in [3.05, 3.63) is 60.2 Å². The SMILES string of the molecule is CC1CS[C@H]([C@H](NC(=O)CCC(=O)[c-]2cccc2)C(=O)O)N=C1C(=O)O.[Ru].[cH-]1[cH-][cH-][cH-][cH-]1. The van der Waals surface area contributed by atoms with Crippen molar-refractivity contribution in [3.8, 4) is 0 Å². The molecular weight excluding hydrogens is 521 g/mol. The van der Waals surface area contributed by atoms with Crippen LogP contribution >= 0.6 is 11.8 Å². The van der Waals surface area contributed by atoms with Crippen molar-refractivity contribution in [2.45, 2.75) is 31.2 Å². The Balaban J connectivity index is 0.000000750. The number of Topliss-reactive ketones (excluding diaryl/α,β-unsaturated/α-hetero) is 1. The third-order valence-electron chi connectivity index (χ3n) is 4.46. The van der Waals surface area contributed by atoms with Gasteiger partial charge < -0.3 is 50.7 Å². The van der Waals surface area contributed by atoms with Crippen molar-refractivity contribution in [2.24, 2.45) is 10.9 Å². The van der Waals surface area contributed by atoms with Crippen LogP contribution in [0.2, 0.25) is 0 Å². The van der Waals surface area contributed by atoms with Crippen molar-refractivity contribution >= 4 is 41.1 Å². The monoisotopic (exact) mass is 546 g/mol. The first-order chi connectivity index (χ1) is 14.8. The molecule has 0 saturated heterocycles. The minimum atomic E-state index is -1.36. The summed E-state index contributed by atoms with van der Waals surface area (Å²) in [7, 11) is 0. The summed E-state index contributed by atoms with van der Waals surface area (Å²) in [6, 6.07) is 15.4. The van der Waals surface area contributed by atoms with E-state index < -0.39 is 29.3 Å². The van der Waals surface area contributed by atoms with E-state index in [2.05, 4.69) is 10.3 Å². The van der Waals surface area contributed by atoms with Gasteiger partial charge in [0.15, 0.2) is 6.04 Å². The molecule has 10 heteroatoms. The zero-order chi connectivity index (χ0) is 22.8. The van der Waals surface area contributed by atoms with E-state index in [1.54, 1.807) is 31.2 Å². The predicted octanol–water partition coefficient (Wildman–Crippen LogP) is 2.58. The van der Waals surface area contributed by atoms with E-state index in [1.165, 1.54) is 11.8 Å². The quantitative estimate of drug-likeness (QED) is 0.264. The van der Waals surface area contributed by atoms with E-state index in [-0.39, 0.29) is 49.7 Å². The minimum absolute atomic E-state index is 0. The number of hydrogen-bond donors (Lipinski definition) is 3. The second-order valence-corrected chi connectivity index (χ2v) is 8.04. The van der Waals surface area contributed by atoms with Crippen molar-refractivity contribution in [2.75, 3.05) is 5.75 Å². The van der Waals surface area contributed by atoms with Crippen LogP contribution in [0.4, 0.5) is 0 Å². The van der Waals surface area contributed by atoms with Crippen LogP contribution in [0.1, 0.15) is 30.1 Å². The normalized spacial score (nSPS) is 18.1. The summed E-state index contributed by atoms with van der Waals surface area (Å²) in [4.78, 5) is 50.7. The molecule has 0 saturated carbocycles. The van der Waals surface area contributed by atoms with Gasteiger partial charge in [0.2, 0.25) is 5.91 Å². The molecule has 1 aliphatic heterocycles. The van der Waals surface area contributed by atoms with E-state index in [1.807, 2.05) is 30.3 Å². The van der Waals surface area contributed by atoms with Crippen molar-refractivity contribution in [3.63, 3.8) is 0 Å². The van der Waals surface area contributed by atoms with Gasteiger partial charge >= 0.3 is 11.9 Å². The van der Waals surface area contributed by atoms with E-state index in [4.69, 9.17) is 5.11 Å². The number of carboxylic acids is 2. The molecule has 1 heterocycles. The van der Waals surface area contributed by atoms with Crippen LogP contribution in [0.15, 0.2) is 59.6 Å². The molecule has 1 amide bonds. The molecule has 0 aromatic heterocycles. The molecule has 3 rings (SSSR count). The summed E-state index contributed by atoms with van der Waals surface area (Å²) < 4.78 is 0. The molecule has 8 nitrogen and oxygen atoms in total. The largest absolute Gasteiger partial charge is 0.748 e. The zero-order valence-electron chi connectivity index (χ0n) is 17.3. The molecule has 0 fully saturated rings. The molecule has 1 aliphatic rings. The van der Waals surface area contributed by atoms with Crippen LogP contribution < -0.4 is 5.32 Å². The first kappa shape index (κ1) is 27.5. The number of aliphatic imine (C=N–C) groups is 1. The number of ketones is 1. The smallest absolute Gasteiger partial charge is 0.350 e. The molecule has 3 atom stereocenters. The number of carbonyl (C=O) groups excluding carboxylic acids is 2. The minimum Gasteiger partial charge on any atom is -0.748 e. The number of aliphatic carboxylic acids is 2. The predicted molar refractivity (Wildman–Crippen MR) is 118 cm³/mol. The maximum absolute atomic E-state index is 12.1. The summed E-state index contributed by atoms with van der Waals surface area (Å²) in [5.74, 6) is -3.21. The second-order valence-electron chi connectivity index (χ2n) is 6.89. The first-order valence-electron chi connectivity index (χ1n) is 9.66. The molecular formula is C22H24N2O6RuS-6. The average molecular weight is 546 g/mol. The van der Waals surface area contributed by atoms with Crippen LogP contribution in [-0.4, -0.2) is 56.7 Å². The fraction of sp³-hybridized carbons (Fsp3) is 0.318. The Hall–Kier alpha value is -2.58. The fourth-order valence-electron chi connectivity index (χ4n) is 2.81. The Bertz CT molecular complexity index is 894. The molecule has 0 spiro atoms. The zero-order valence-corrected chi connectivity index (χ0v) is 19.8. The molecule has 178 valence electrons. The Labute approximate surface area is 203 Å². The number of nitrogens with one attached hydrogen (secondary N) is 1. The number of amides is 1. The molecule has 1 unspecified atom stereocenters. The summed E-state index contributed by atoms with van der Waals surface area (Å²) in [6.45, 7) is 1.69. The van der Waals surface area contributed by atoms with Gasteiger partial charge in [-0.3, -0.25) is 9.79 Å². The Kier molecular flexibility index (Phi) is 11.8. The van der Waals surface area contributed by atoms with Crippen LogP contribution in [0.25, 0.3) is 0 Å². The van der Waals surface area contributed by atoms with Crippen LogP contribution in [0.5, 0.6) is 0 Å². The molecule has 3 N–H and O–H groups in total. The first-order valence-corrected chi connectivity index (χ1v) is 10.7. The molecule has 2 aromatic rings. The molecule has 0 radical (unpaired) electrons. The number of rotatable bonds is 8. The van der Waals surface area contributed by atoms with Crippen molar-refractivity contribution < 1.29 is 48.9 Å². The van der Waals surface area contributed by atoms with Crippen LogP contribution in [0, 0.1) is 5.92 Å². The maximum atomic E-state index is 12.1. The summed E-state index contributed by atoms with van der Waals surface area (Å²) in [5, 5.41) is 20.0. The van der Waals surface area contributed by atoms with Gasteiger partial charge in [-0.05, 0) is 0 Å². The second kappa shape index (κ2) is 13.8. The third-order valence-corrected chi connectivity index (χ3v) is 5.87. The Morgan fingerprint density at radius 3 is 2.19 bits per heavy atom. The number of carbonyl (C=O) groups is 4. The maximum Gasteiger partial charge on any atom is 0.350 e. The van der Waals surface area contributed by atoms with Gasteiger partial charge in [0.1, 0.15) is 16.9 Å². The Morgan fingerprint density at radius 2 is 1.69 bits per heavy atom. The molecule has 0 aliphatic carbocycles. The van der Waals surface area contributed by atoms with Crippen molar-refractivity contribution in [1.82, 2.24) is 5.32 Å². The summed E-state index contributed by atoms with van der Waals surface area (Å²) >= 11 is 1.18. The standard InChI is InChI=1S/C17H19N2O6S.C5H5.Ru/c1-9-8-26-15(19-13(9)16(22)23)14(17(24)25)18-12(21)7-6-11(20)10-4-2-3-5-10;1-2-4-5-3-1;/h2-5,9,14-15H,6-8H2,1H3,(H,18,21)(H,22,23)(H,24,25);1-5H;/q-1;-5;/t9?,14-,15+;;/m0../s1. The van der Waals surface area contributed by atoms with E-state index >= 15 is 0 Å². The Morgan fingerprint density at radius 1 is 1.12 bits per heavy atom. The van der Waals surface area contributed by atoms with E-state index in [0.717, 1.165) is 0 Å². The van der Waals surface area contributed by atoms with Crippen LogP contribution in [0.3, 0.4) is 0 Å². The number of thioether (sulfide) groups is 1. The van der Waals surface area contributed by atoms with E-state index in [0.29, 0.717) is 11.3 Å². The van der Waals surface area contributed by atoms with Gasteiger partial charge in [0, 0.05) is 44.0 Å². The number of hydrogen-bond acceptors (Lipinski definition) is 6. The van der Waals surface area contributed by atoms with E-state index in [9.17, 15) is 24.3 Å². The third kappa shape index (κ3) is 8.51. The molecule has 0 bridgehead atoms. The van der Waals surface area contributed by atoms with Gasteiger partial charge in [-0.1, -0.05) is 12.5 Å². The van der Waals surface area contributed by atoms with Gasteiger partial charge in [-0.15, -0.1) is 11.8 Å². The van der Waals surface area contributed by atoms with Gasteiger partial charge in [0.25, 0.3) is 0 Å². The topological polar surface area (TPSA) is 133 Å². The summed E-state index contributed by atoms with van der Waals surface area (Å²) in [5.41, 5.74) is 0.403. The van der Waals surface area contributed by atoms with Gasteiger partial charge in [-0.25, -0.2) is 21.7 Å². The molecule has 2 aromatic carbocycles. The van der Waals surface area contributed by atoms with Crippen molar-refractivity contribution in [1.29, 1.82) is 0 Å². The number of nitrogens with zero attached hydrogens (tertiary/aromatic N) is 1. The fourth-order valence-corrected chi connectivity index (χ4v) is 4.02. The van der Waals surface area contributed by atoms with Gasteiger partial charge in [0.05, 0.1) is 0 Å². The van der Waals surface area contributed by atoms with Gasteiger partial charge in [-0.2, -0.15) is 12.1 Å². The molecule has 32 heavy (non-hydrogen) atoms.